The van der Waals surface area contributed by atoms with E-state index in [4.69, 9.17) is 0 Å². The molecule has 2 aromatic carbocycles. The van der Waals surface area contributed by atoms with Crippen molar-refractivity contribution in [1.82, 2.24) is 10.2 Å². The summed E-state index contributed by atoms with van der Waals surface area (Å²) >= 11 is 3.41. The number of benzene rings is 2. The van der Waals surface area contributed by atoms with E-state index in [1.54, 1.807) is 30.3 Å². The summed E-state index contributed by atoms with van der Waals surface area (Å²) in [6.45, 7) is 1.47. The van der Waals surface area contributed by atoms with Gasteiger partial charge in [0, 0.05) is 23.1 Å². The normalized spacial score (nSPS) is 14.8. The van der Waals surface area contributed by atoms with E-state index in [1.807, 2.05) is 35.2 Å². The lowest BCUT2D eigenvalue weighted by atomic mass is 10.1. The first-order valence-electron chi connectivity index (χ1n) is 8.76. The van der Waals surface area contributed by atoms with E-state index in [0.29, 0.717) is 11.3 Å². The number of piperidine rings is 1. The monoisotopic (exact) mass is 412 g/mol. The third kappa shape index (κ3) is 4.82. The molecule has 0 aliphatic carbocycles. The number of hydrogen-bond donors (Lipinski definition) is 1. The van der Waals surface area contributed by atoms with Gasteiger partial charge in [-0.1, -0.05) is 46.3 Å². The molecule has 1 fully saturated rings. The van der Waals surface area contributed by atoms with Crippen LogP contribution in [0, 0.1) is 0 Å². The Morgan fingerprint density at radius 1 is 0.923 bits per heavy atom. The molecular formula is C21H21BrN2O2. The highest BCUT2D eigenvalue weighted by atomic mass is 79.9. The molecule has 0 spiro atoms. The minimum atomic E-state index is -0.278. The van der Waals surface area contributed by atoms with Gasteiger partial charge >= 0.3 is 0 Å². The van der Waals surface area contributed by atoms with E-state index in [9.17, 15) is 9.59 Å². The van der Waals surface area contributed by atoms with Gasteiger partial charge in [0.15, 0.2) is 0 Å². The number of rotatable bonds is 4. The zero-order chi connectivity index (χ0) is 18.4. The Labute approximate surface area is 162 Å². The molecule has 0 unspecified atom stereocenters. The fraction of sp³-hybridized carbons (Fsp3) is 0.238. The summed E-state index contributed by atoms with van der Waals surface area (Å²) in [5.74, 6) is -0.406. The highest BCUT2D eigenvalue weighted by molar-refractivity contribution is 9.10. The molecule has 134 valence electrons. The van der Waals surface area contributed by atoms with Crippen molar-refractivity contribution < 1.29 is 9.59 Å². The Hall–Kier alpha value is -2.40. The largest absolute Gasteiger partial charge is 0.337 e. The minimum absolute atomic E-state index is 0.128. The van der Waals surface area contributed by atoms with E-state index in [0.717, 1.165) is 42.4 Å². The number of carbonyl (C=O) groups is 2. The van der Waals surface area contributed by atoms with Crippen LogP contribution in [0.2, 0.25) is 0 Å². The second-order valence-corrected chi connectivity index (χ2v) is 7.20. The summed E-state index contributed by atoms with van der Waals surface area (Å²) in [7, 11) is 0. The molecule has 0 bridgehead atoms. The van der Waals surface area contributed by atoms with Gasteiger partial charge < -0.3 is 10.2 Å². The molecule has 2 aromatic rings. The van der Waals surface area contributed by atoms with Crippen LogP contribution in [0.1, 0.15) is 35.2 Å². The fourth-order valence-electron chi connectivity index (χ4n) is 2.93. The maximum atomic E-state index is 13.0. The maximum Gasteiger partial charge on any atom is 0.270 e. The third-order valence-electron chi connectivity index (χ3n) is 4.34. The van der Waals surface area contributed by atoms with Crippen LogP contribution < -0.4 is 5.32 Å². The lowest BCUT2D eigenvalue weighted by Gasteiger charge is -2.27. The molecular weight excluding hydrogens is 392 g/mol. The summed E-state index contributed by atoms with van der Waals surface area (Å²) in [5, 5.41) is 2.81. The topological polar surface area (TPSA) is 49.4 Å². The van der Waals surface area contributed by atoms with E-state index < -0.39 is 0 Å². The number of amides is 2. The number of likely N-dealkylation sites (tertiary alicyclic amines) is 1. The van der Waals surface area contributed by atoms with Gasteiger partial charge in [-0.25, -0.2) is 0 Å². The van der Waals surface area contributed by atoms with Crippen molar-refractivity contribution in [2.24, 2.45) is 0 Å². The van der Waals surface area contributed by atoms with Gasteiger partial charge in [0.25, 0.3) is 11.8 Å². The quantitative estimate of drug-likeness (QED) is 0.763. The maximum absolute atomic E-state index is 13.0. The molecule has 0 aromatic heterocycles. The predicted molar refractivity (Wildman–Crippen MR) is 106 cm³/mol. The van der Waals surface area contributed by atoms with Gasteiger partial charge in [-0.2, -0.15) is 0 Å². The summed E-state index contributed by atoms with van der Waals surface area (Å²) in [6, 6.07) is 16.6. The average molecular weight is 413 g/mol. The molecule has 4 nitrogen and oxygen atoms in total. The fourth-order valence-corrected chi connectivity index (χ4v) is 3.19. The van der Waals surface area contributed by atoms with Gasteiger partial charge in [0.1, 0.15) is 5.70 Å². The van der Waals surface area contributed by atoms with Gasteiger partial charge in [-0.05, 0) is 55.2 Å². The molecule has 1 heterocycles. The second-order valence-electron chi connectivity index (χ2n) is 6.28. The highest BCUT2D eigenvalue weighted by Gasteiger charge is 2.22. The number of nitrogens with one attached hydrogen (secondary N) is 1. The molecule has 1 aliphatic heterocycles. The Morgan fingerprint density at radius 2 is 1.58 bits per heavy atom. The van der Waals surface area contributed by atoms with Crippen LogP contribution in [0.5, 0.6) is 0 Å². The van der Waals surface area contributed by atoms with Gasteiger partial charge in [0.05, 0.1) is 0 Å². The van der Waals surface area contributed by atoms with Crippen molar-refractivity contribution in [2.45, 2.75) is 19.3 Å². The first-order valence-corrected chi connectivity index (χ1v) is 9.56. The standard InChI is InChI=1S/C21H21BrN2O2/c22-18-11-9-16(10-12-18)15-19(21(26)24-13-5-2-6-14-24)23-20(25)17-7-3-1-4-8-17/h1,3-4,7-12,15H,2,5-6,13-14H2,(H,23,25)/b19-15+. The number of hydrogen-bond acceptors (Lipinski definition) is 2. The van der Waals surface area contributed by atoms with Crippen molar-refractivity contribution in [3.63, 3.8) is 0 Å². The Bertz CT molecular complexity index is 795. The lowest BCUT2D eigenvalue weighted by molar-refractivity contribution is -0.128. The molecule has 26 heavy (non-hydrogen) atoms. The molecule has 0 saturated carbocycles. The molecule has 2 amide bonds. The first-order chi connectivity index (χ1) is 12.6. The summed E-state index contributed by atoms with van der Waals surface area (Å²) in [4.78, 5) is 27.3. The zero-order valence-corrected chi connectivity index (χ0v) is 16.0. The molecule has 1 saturated heterocycles. The Kier molecular flexibility index (Phi) is 6.23. The van der Waals surface area contributed by atoms with Gasteiger partial charge in [0.2, 0.25) is 0 Å². The van der Waals surface area contributed by atoms with Crippen molar-refractivity contribution in [3.8, 4) is 0 Å². The van der Waals surface area contributed by atoms with Crippen molar-refractivity contribution in [3.05, 3.63) is 75.9 Å². The van der Waals surface area contributed by atoms with Crippen LogP contribution in [0.4, 0.5) is 0 Å². The molecule has 0 atom stereocenters. The molecule has 5 heteroatoms. The van der Waals surface area contributed by atoms with E-state index in [2.05, 4.69) is 21.2 Å². The average Bonchev–Trinajstić information content (AvgIpc) is 2.70. The molecule has 3 rings (SSSR count). The lowest BCUT2D eigenvalue weighted by Crippen LogP contribution is -2.41. The van der Waals surface area contributed by atoms with E-state index >= 15 is 0 Å². The summed E-state index contributed by atoms with van der Waals surface area (Å²) < 4.78 is 0.965. The van der Waals surface area contributed by atoms with E-state index in [-0.39, 0.29) is 11.8 Å². The first kappa shape index (κ1) is 18.4. The van der Waals surface area contributed by atoms with Crippen LogP contribution in [-0.4, -0.2) is 29.8 Å². The summed E-state index contributed by atoms with van der Waals surface area (Å²) in [5.41, 5.74) is 1.70. The van der Waals surface area contributed by atoms with E-state index in [1.165, 1.54) is 0 Å². The molecule has 1 aliphatic rings. The highest BCUT2D eigenvalue weighted by Crippen LogP contribution is 2.16. The molecule has 1 N–H and O–H groups in total. The van der Waals surface area contributed by atoms with Gasteiger partial charge in [-0.15, -0.1) is 0 Å². The minimum Gasteiger partial charge on any atom is -0.337 e. The van der Waals surface area contributed by atoms with Crippen LogP contribution in [-0.2, 0) is 4.79 Å². The summed E-state index contributed by atoms with van der Waals surface area (Å²) in [6.07, 6.45) is 4.89. The van der Waals surface area contributed by atoms with Crippen LogP contribution in [0.3, 0.4) is 0 Å². The Morgan fingerprint density at radius 3 is 2.23 bits per heavy atom. The predicted octanol–water partition coefficient (Wildman–Crippen LogP) is 4.23. The second kappa shape index (κ2) is 8.81. The van der Waals surface area contributed by atoms with Gasteiger partial charge in [-0.3, -0.25) is 9.59 Å². The SMILES string of the molecule is O=C(N/C(=C/c1ccc(Br)cc1)C(=O)N1CCCCC1)c1ccccc1. The van der Waals surface area contributed by atoms with Crippen molar-refractivity contribution in [1.29, 1.82) is 0 Å². The number of carbonyl (C=O) groups excluding carboxylic acids is 2. The Balaban J connectivity index is 1.86. The number of halogens is 1. The van der Waals surface area contributed by atoms with Crippen molar-refractivity contribution in [2.75, 3.05) is 13.1 Å². The van der Waals surface area contributed by atoms with Crippen LogP contribution in [0.15, 0.2) is 64.8 Å². The number of nitrogens with zero attached hydrogens (tertiary/aromatic N) is 1. The molecule has 0 radical (unpaired) electrons. The smallest absolute Gasteiger partial charge is 0.270 e. The van der Waals surface area contributed by atoms with Crippen LogP contribution in [0.25, 0.3) is 6.08 Å². The van der Waals surface area contributed by atoms with Crippen LogP contribution >= 0.6 is 15.9 Å². The van der Waals surface area contributed by atoms with Crippen molar-refractivity contribution >= 4 is 33.8 Å². The third-order valence-corrected chi connectivity index (χ3v) is 4.87. The zero-order valence-electron chi connectivity index (χ0n) is 14.5.